The third-order valence-corrected chi connectivity index (χ3v) is 2.43. The number of hydrogen-bond donors (Lipinski definition) is 1. The second-order valence-corrected chi connectivity index (χ2v) is 3.48. The number of alkyl halides is 3. The zero-order valence-electron chi connectivity index (χ0n) is 8.51. The zero-order chi connectivity index (χ0) is 12.1. The Bertz CT molecular complexity index is 609. The molecule has 0 saturated carbocycles. The van der Waals surface area contributed by atoms with Gasteiger partial charge in [-0.15, -0.1) is 0 Å². The molecule has 16 heavy (non-hydrogen) atoms. The molecule has 1 N–H and O–H groups in total. The highest BCUT2D eigenvalue weighted by molar-refractivity contribution is 5.82. The summed E-state index contributed by atoms with van der Waals surface area (Å²) in [7, 11) is 1.52. The monoisotopic (exact) mass is 231 g/mol. The third-order valence-electron chi connectivity index (χ3n) is 2.43. The molecule has 7 heteroatoms. The van der Waals surface area contributed by atoms with Crippen molar-refractivity contribution in [2.45, 2.75) is 13.1 Å². The van der Waals surface area contributed by atoms with Crippen LogP contribution in [0, 0.1) is 6.92 Å². The molecule has 2 heterocycles. The molecule has 0 aliphatic heterocycles. The predicted molar refractivity (Wildman–Crippen MR) is 51.1 cm³/mol. The van der Waals surface area contributed by atoms with Crippen LogP contribution in [0.5, 0.6) is 0 Å². The lowest BCUT2D eigenvalue weighted by Crippen LogP contribution is -2.13. The fourth-order valence-electron chi connectivity index (χ4n) is 1.60. The van der Waals surface area contributed by atoms with Crippen LogP contribution < -0.4 is 5.56 Å². The van der Waals surface area contributed by atoms with E-state index < -0.39 is 17.3 Å². The molecule has 0 saturated heterocycles. The first-order valence-corrected chi connectivity index (χ1v) is 4.44. The number of nitrogens with zero attached hydrogens (tertiary/aromatic N) is 2. The minimum absolute atomic E-state index is 0.0418. The van der Waals surface area contributed by atoms with Crippen molar-refractivity contribution in [2.24, 2.45) is 7.05 Å². The molecule has 0 fully saturated rings. The molecule has 0 spiro atoms. The molecule has 0 amide bonds. The Hall–Kier alpha value is -1.79. The molecule has 0 aliphatic rings. The van der Waals surface area contributed by atoms with Crippen LogP contribution >= 0.6 is 0 Å². The summed E-state index contributed by atoms with van der Waals surface area (Å²) in [6.07, 6.45) is -4.56. The highest BCUT2D eigenvalue weighted by atomic mass is 19.4. The fraction of sp³-hybridized carbons (Fsp3) is 0.333. The maximum absolute atomic E-state index is 12.7. The number of pyridine rings is 1. The summed E-state index contributed by atoms with van der Waals surface area (Å²) in [4.78, 5) is 13.3. The van der Waals surface area contributed by atoms with Crippen molar-refractivity contribution in [2.75, 3.05) is 0 Å². The normalized spacial score (nSPS) is 12.3. The van der Waals surface area contributed by atoms with Gasteiger partial charge in [0.25, 0.3) is 0 Å². The minimum Gasteiger partial charge on any atom is -0.305 e. The van der Waals surface area contributed by atoms with E-state index in [4.69, 9.17) is 0 Å². The Balaban J connectivity index is 2.97. The predicted octanol–water partition coefficient (Wildman–Crippen LogP) is 1.59. The van der Waals surface area contributed by atoms with Crippen LogP contribution in [0.15, 0.2) is 10.9 Å². The average molecular weight is 231 g/mol. The number of aryl methyl sites for hydroxylation is 2. The number of H-pyrrole nitrogens is 1. The SMILES string of the molecule is Cc1c2c(C(F)(F)F)cc(=O)[nH]c2nn1C. The van der Waals surface area contributed by atoms with Gasteiger partial charge >= 0.3 is 6.18 Å². The number of fused-ring (bicyclic) bond motifs is 1. The van der Waals surface area contributed by atoms with Gasteiger partial charge in [-0.05, 0) is 6.92 Å². The molecule has 0 bridgehead atoms. The van der Waals surface area contributed by atoms with Crippen molar-refractivity contribution in [3.05, 3.63) is 27.7 Å². The quantitative estimate of drug-likeness (QED) is 0.748. The summed E-state index contributed by atoms with van der Waals surface area (Å²) < 4.78 is 39.4. The van der Waals surface area contributed by atoms with Crippen LogP contribution in [0.25, 0.3) is 11.0 Å². The van der Waals surface area contributed by atoms with Crippen molar-refractivity contribution in [1.82, 2.24) is 14.8 Å². The number of aromatic amines is 1. The Morgan fingerprint density at radius 3 is 2.62 bits per heavy atom. The van der Waals surface area contributed by atoms with E-state index in [-0.39, 0.29) is 11.0 Å². The van der Waals surface area contributed by atoms with Crippen molar-refractivity contribution >= 4 is 11.0 Å². The van der Waals surface area contributed by atoms with Crippen molar-refractivity contribution in [3.8, 4) is 0 Å². The highest BCUT2D eigenvalue weighted by Crippen LogP contribution is 2.34. The van der Waals surface area contributed by atoms with Gasteiger partial charge in [0, 0.05) is 18.8 Å². The van der Waals surface area contributed by atoms with Crippen molar-refractivity contribution in [1.29, 1.82) is 0 Å². The Morgan fingerprint density at radius 1 is 1.44 bits per heavy atom. The largest absolute Gasteiger partial charge is 0.417 e. The maximum atomic E-state index is 12.7. The molecule has 0 atom stereocenters. The van der Waals surface area contributed by atoms with E-state index in [0.29, 0.717) is 11.8 Å². The Morgan fingerprint density at radius 2 is 2.06 bits per heavy atom. The summed E-state index contributed by atoms with van der Waals surface area (Å²) in [5.74, 6) is 0. The van der Waals surface area contributed by atoms with Gasteiger partial charge in [-0.3, -0.25) is 9.48 Å². The van der Waals surface area contributed by atoms with Crippen LogP contribution in [0.1, 0.15) is 11.3 Å². The van der Waals surface area contributed by atoms with Gasteiger partial charge in [0.15, 0.2) is 5.65 Å². The number of halogens is 3. The molecule has 0 aromatic carbocycles. The summed E-state index contributed by atoms with van der Waals surface area (Å²) in [6.45, 7) is 1.52. The second-order valence-electron chi connectivity index (χ2n) is 3.48. The van der Waals surface area contributed by atoms with Crippen molar-refractivity contribution in [3.63, 3.8) is 0 Å². The molecule has 86 valence electrons. The molecule has 2 aromatic rings. The van der Waals surface area contributed by atoms with Gasteiger partial charge in [0.05, 0.1) is 10.9 Å². The lowest BCUT2D eigenvalue weighted by Gasteiger charge is -2.07. The first-order valence-electron chi connectivity index (χ1n) is 4.44. The molecular weight excluding hydrogens is 223 g/mol. The minimum atomic E-state index is -4.56. The van der Waals surface area contributed by atoms with Crippen LogP contribution in [0.4, 0.5) is 13.2 Å². The molecule has 4 nitrogen and oxygen atoms in total. The van der Waals surface area contributed by atoms with Crippen LogP contribution in [-0.4, -0.2) is 14.8 Å². The molecule has 0 radical (unpaired) electrons. The van der Waals surface area contributed by atoms with Crippen LogP contribution in [0.3, 0.4) is 0 Å². The van der Waals surface area contributed by atoms with Gasteiger partial charge in [-0.1, -0.05) is 0 Å². The maximum Gasteiger partial charge on any atom is 0.417 e. The van der Waals surface area contributed by atoms with Crippen LogP contribution in [0.2, 0.25) is 0 Å². The topological polar surface area (TPSA) is 50.7 Å². The number of rotatable bonds is 0. The first kappa shape index (κ1) is 10.7. The molecule has 2 rings (SSSR count). The lowest BCUT2D eigenvalue weighted by atomic mass is 10.1. The molecule has 0 unspecified atom stereocenters. The number of hydrogen-bond acceptors (Lipinski definition) is 2. The van der Waals surface area contributed by atoms with E-state index in [1.807, 2.05) is 0 Å². The van der Waals surface area contributed by atoms with E-state index in [1.165, 1.54) is 18.7 Å². The highest BCUT2D eigenvalue weighted by Gasteiger charge is 2.34. The zero-order valence-corrected chi connectivity index (χ0v) is 8.51. The van der Waals surface area contributed by atoms with E-state index in [2.05, 4.69) is 10.1 Å². The van der Waals surface area contributed by atoms with E-state index in [0.717, 1.165) is 0 Å². The van der Waals surface area contributed by atoms with Crippen LogP contribution in [-0.2, 0) is 13.2 Å². The van der Waals surface area contributed by atoms with Gasteiger partial charge in [0.1, 0.15) is 0 Å². The summed E-state index contributed by atoms with van der Waals surface area (Å²) in [5.41, 5.74) is -1.44. The van der Waals surface area contributed by atoms with E-state index in [9.17, 15) is 18.0 Å². The van der Waals surface area contributed by atoms with E-state index in [1.54, 1.807) is 0 Å². The Kier molecular flexibility index (Phi) is 2.08. The molecule has 2 aromatic heterocycles. The average Bonchev–Trinajstić information content (AvgIpc) is 2.39. The van der Waals surface area contributed by atoms with Gasteiger partial charge in [-0.2, -0.15) is 18.3 Å². The smallest absolute Gasteiger partial charge is 0.305 e. The first-order chi connectivity index (χ1) is 7.30. The van der Waals surface area contributed by atoms with Gasteiger partial charge in [-0.25, -0.2) is 0 Å². The summed E-state index contributed by atoms with van der Waals surface area (Å²) in [5, 5.41) is 3.75. The third kappa shape index (κ3) is 1.48. The van der Waals surface area contributed by atoms with Gasteiger partial charge < -0.3 is 4.98 Å². The lowest BCUT2D eigenvalue weighted by molar-refractivity contribution is -0.136. The fourth-order valence-corrected chi connectivity index (χ4v) is 1.60. The number of nitrogens with one attached hydrogen (secondary N) is 1. The van der Waals surface area contributed by atoms with Gasteiger partial charge in [0.2, 0.25) is 5.56 Å². The van der Waals surface area contributed by atoms with Crippen molar-refractivity contribution < 1.29 is 13.2 Å². The second kappa shape index (κ2) is 3.10. The molecular formula is C9H8F3N3O. The Labute approximate surface area is 87.7 Å². The standard InChI is InChI=1S/C9H8F3N3O/c1-4-7-5(9(10,11)12)3-6(16)13-8(7)14-15(4)2/h3H,1-2H3,(H,13,14,16). The number of aromatic nitrogens is 3. The van der Waals surface area contributed by atoms with E-state index >= 15 is 0 Å². The summed E-state index contributed by atoms with van der Waals surface area (Å²) >= 11 is 0. The summed E-state index contributed by atoms with van der Waals surface area (Å²) in [6, 6.07) is 0.553. The molecule has 0 aliphatic carbocycles.